The largest absolute Gasteiger partial charge is 0.459 e. The minimum Gasteiger partial charge on any atom is -0.459 e. The molecule has 4 rings (SSSR count). The van der Waals surface area contributed by atoms with E-state index < -0.39 is 10.0 Å². The van der Waals surface area contributed by atoms with Gasteiger partial charge in [-0.25, -0.2) is 8.42 Å². The van der Waals surface area contributed by atoms with Crippen molar-refractivity contribution >= 4 is 49.9 Å². The van der Waals surface area contributed by atoms with Gasteiger partial charge in [-0.2, -0.15) is 0 Å². The van der Waals surface area contributed by atoms with Gasteiger partial charge in [-0.1, -0.05) is 47.5 Å². The summed E-state index contributed by atoms with van der Waals surface area (Å²) in [5.74, 6) is 0.000862. The number of hydrogen-bond acceptors (Lipinski definition) is 4. The molecule has 31 heavy (non-hydrogen) atoms. The zero-order valence-electron chi connectivity index (χ0n) is 16.8. The molecule has 0 spiro atoms. The van der Waals surface area contributed by atoms with Crippen molar-refractivity contribution in [1.29, 1.82) is 0 Å². The van der Waals surface area contributed by atoms with Crippen LogP contribution in [0.15, 0.2) is 76.0 Å². The highest BCUT2D eigenvalue weighted by atomic mass is 35.5. The average Bonchev–Trinajstić information content (AvgIpc) is 3.05. The number of para-hydroxylation sites is 1. The fourth-order valence-corrected chi connectivity index (χ4v) is 4.56. The highest BCUT2D eigenvalue weighted by molar-refractivity contribution is 7.92. The third kappa shape index (κ3) is 4.28. The fourth-order valence-electron chi connectivity index (χ4n) is 3.26. The van der Waals surface area contributed by atoms with Crippen molar-refractivity contribution in [1.82, 2.24) is 0 Å². The zero-order valence-corrected chi connectivity index (χ0v) is 18.3. The van der Waals surface area contributed by atoms with E-state index in [1.54, 1.807) is 37.3 Å². The van der Waals surface area contributed by atoms with E-state index in [2.05, 4.69) is 10.0 Å². The number of amides is 1. The van der Waals surface area contributed by atoms with Crippen LogP contribution in [-0.4, -0.2) is 14.3 Å². The van der Waals surface area contributed by atoms with Gasteiger partial charge in [0.15, 0.2) is 5.58 Å². The van der Waals surface area contributed by atoms with Crippen LogP contribution in [0.5, 0.6) is 0 Å². The summed E-state index contributed by atoms with van der Waals surface area (Å²) in [4.78, 5) is 13.0. The molecule has 0 fully saturated rings. The van der Waals surface area contributed by atoms with Crippen LogP contribution in [0.2, 0.25) is 5.02 Å². The molecule has 1 amide bonds. The Labute approximate surface area is 184 Å². The number of hydrogen-bond donors (Lipinski definition) is 2. The SMILES string of the molecule is Cc1ccc(S(=O)(=O)Nc2cc(Cl)c3oc(C)c(C(=O)Nc4ccccc4)c3c2)cc1. The number of halogens is 1. The first-order chi connectivity index (χ1) is 14.7. The number of benzene rings is 3. The van der Waals surface area contributed by atoms with Crippen LogP contribution in [-0.2, 0) is 10.0 Å². The molecule has 0 aliphatic carbocycles. The molecule has 0 radical (unpaired) electrons. The lowest BCUT2D eigenvalue weighted by atomic mass is 10.1. The Hall–Kier alpha value is -3.29. The number of sulfonamides is 1. The van der Waals surface area contributed by atoms with E-state index in [0.29, 0.717) is 22.4 Å². The monoisotopic (exact) mass is 454 g/mol. The Morgan fingerprint density at radius 3 is 2.29 bits per heavy atom. The summed E-state index contributed by atoms with van der Waals surface area (Å²) in [5, 5.41) is 3.43. The summed E-state index contributed by atoms with van der Waals surface area (Å²) >= 11 is 6.35. The van der Waals surface area contributed by atoms with E-state index in [-0.39, 0.29) is 27.1 Å². The van der Waals surface area contributed by atoms with Crippen LogP contribution in [0.3, 0.4) is 0 Å². The van der Waals surface area contributed by atoms with Crippen molar-refractivity contribution in [3.05, 3.63) is 88.6 Å². The number of nitrogens with one attached hydrogen (secondary N) is 2. The third-order valence-corrected chi connectivity index (χ3v) is 6.44. The molecule has 2 N–H and O–H groups in total. The summed E-state index contributed by atoms with van der Waals surface area (Å²) in [6.45, 7) is 3.53. The Morgan fingerprint density at radius 2 is 1.61 bits per heavy atom. The van der Waals surface area contributed by atoms with Gasteiger partial charge in [0, 0.05) is 11.1 Å². The van der Waals surface area contributed by atoms with E-state index in [1.807, 2.05) is 25.1 Å². The van der Waals surface area contributed by atoms with E-state index in [1.165, 1.54) is 18.2 Å². The number of aryl methyl sites for hydroxylation is 2. The van der Waals surface area contributed by atoms with Crippen LogP contribution >= 0.6 is 11.6 Å². The minimum atomic E-state index is -3.83. The van der Waals surface area contributed by atoms with E-state index in [9.17, 15) is 13.2 Å². The maximum Gasteiger partial charge on any atom is 0.261 e. The highest BCUT2D eigenvalue weighted by Crippen LogP contribution is 2.35. The summed E-state index contributed by atoms with van der Waals surface area (Å²) in [7, 11) is -3.83. The molecular weight excluding hydrogens is 436 g/mol. The van der Waals surface area contributed by atoms with Gasteiger partial charge in [-0.05, 0) is 50.2 Å². The van der Waals surface area contributed by atoms with Gasteiger partial charge in [-0.3, -0.25) is 9.52 Å². The van der Waals surface area contributed by atoms with Crippen molar-refractivity contribution in [2.75, 3.05) is 10.0 Å². The highest BCUT2D eigenvalue weighted by Gasteiger charge is 2.22. The van der Waals surface area contributed by atoms with Crippen molar-refractivity contribution in [2.24, 2.45) is 0 Å². The molecule has 6 nitrogen and oxygen atoms in total. The van der Waals surface area contributed by atoms with Gasteiger partial charge in [0.25, 0.3) is 15.9 Å². The van der Waals surface area contributed by atoms with E-state index in [4.69, 9.17) is 16.0 Å². The number of fused-ring (bicyclic) bond motifs is 1. The molecule has 0 aliphatic rings. The molecule has 0 unspecified atom stereocenters. The molecule has 1 aromatic heterocycles. The maximum absolute atomic E-state index is 12.9. The number of anilines is 2. The lowest BCUT2D eigenvalue weighted by Gasteiger charge is -2.10. The van der Waals surface area contributed by atoms with Gasteiger partial charge < -0.3 is 9.73 Å². The summed E-state index contributed by atoms with van der Waals surface area (Å²) in [6.07, 6.45) is 0. The second kappa shape index (κ2) is 8.09. The lowest BCUT2D eigenvalue weighted by Crippen LogP contribution is -2.14. The smallest absolute Gasteiger partial charge is 0.261 e. The van der Waals surface area contributed by atoms with Gasteiger partial charge >= 0.3 is 0 Å². The van der Waals surface area contributed by atoms with Crippen LogP contribution in [0.1, 0.15) is 21.7 Å². The normalized spacial score (nSPS) is 11.5. The van der Waals surface area contributed by atoms with E-state index >= 15 is 0 Å². The molecule has 4 aromatic rings. The molecule has 0 atom stereocenters. The summed E-state index contributed by atoms with van der Waals surface area (Å²) < 4.78 is 33.8. The number of carbonyl (C=O) groups is 1. The van der Waals surface area contributed by atoms with E-state index in [0.717, 1.165) is 5.56 Å². The van der Waals surface area contributed by atoms with Gasteiger partial charge in [0.1, 0.15) is 5.76 Å². The molecule has 1 heterocycles. The predicted octanol–water partition coefficient (Wildman–Crippen LogP) is 5.76. The number of furan rings is 1. The Bertz CT molecular complexity index is 1380. The number of rotatable bonds is 5. The molecule has 0 bridgehead atoms. The Kier molecular flexibility index (Phi) is 5.47. The molecule has 0 saturated heterocycles. The standard InChI is InChI=1S/C23H19ClN2O4S/c1-14-8-10-18(11-9-14)31(28,29)26-17-12-19-21(15(2)30-22(19)20(24)13-17)23(27)25-16-6-4-3-5-7-16/h3-13,26H,1-2H3,(H,25,27). The molecule has 0 saturated carbocycles. The second-order valence-corrected chi connectivity index (χ2v) is 9.20. The molecule has 158 valence electrons. The molecular formula is C23H19ClN2O4S. The van der Waals surface area contributed by atoms with Crippen molar-refractivity contribution in [3.8, 4) is 0 Å². The first-order valence-electron chi connectivity index (χ1n) is 9.43. The average molecular weight is 455 g/mol. The van der Waals surface area contributed by atoms with Gasteiger partial charge in [-0.15, -0.1) is 0 Å². The minimum absolute atomic E-state index is 0.125. The molecule has 8 heteroatoms. The Morgan fingerprint density at radius 1 is 0.935 bits per heavy atom. The summed E-state index contributed by atoms with van der Waals surface area (Å²) in [6, 6.07) is 18.5. The van der Waals surface area contributed by atoms with Crippen LogP contribution < -0.4 is 10.0 Å². The van der Waals surface area contributed by atoms with Crippen molar-refractivity contribution in [2.45, 2.75) is 18.7 Å². The topological polar surface area (TPSA) is 88.4 Å². The van der Waals surface area contributed by atoms with Crippen molar-refractivity contribution < 1.29 is 17.6 Å². The first kappa shape index (κ1) is 21.0. The Balaban J connectivity index is 1.73. The summed E-state index contributed by atoms with van der Waals surface area (Å²) in [5.41, 5.74) is 2.41. The quantitative estimate of drug-likeness (QED) is 0.401. The van der Waals surface area contributed by atoms with Crippen molar-refractivity contribution in [3.63, 3.8) is 0 Å². The zero-order chi connectivity index (χ0) is 22.2. The lowest BCUT2D eigenvalue weighted by molar-refractivity contribution is 0.102. The number of carbonyl (C=O) groups excluding carboxylic acids is 1. The molecule has 3 aromatic carbocycles. The second-order valence-electron chi connectivity index (χ2n) is 7.11. The van der Waals surface area contributed by atoms with Crippen LogP contribution in [0.25, 0.3) is 11.0 Å². The van der Waals surface area contributed by atoms with Gasteiger partial charge in [0.2, 0.25) is 0 Å². The molecule has 0 aliphatic heterocycles. The van der Waals surface area contributed by atoms with Crippen LogP contribution in [0, 0.1) is 13.8 Å². The van der Waals surface area contributed by atoms with Gasteiger partial charge in [0.05, 0.1) is 21.2 Å². The maximum atomic E-state index is 12.9. The predicted molar refractivity (Wildman–Crippen MR) is 122 cm³/mol. The van der Waals surface area contributed by atoms with Crippen LogP contribution in [0.4, 0.5) is 11.4 Å². The first-order valence-corrected chi connectivity index (χ1v) is 11.3. The third-order valence-electron chi connectivity index (χ3n) is 4.76. The fraction of sp³-hybridized carbons (Fsp3) is 0.0870.